The summed E-state index contributed by atoms with van der Waals surface area (Å²) in [4.78, 5) is 1.26. The van der Waals surface area contributed by atoms with E-state index in [4.69, 9.17) is 5.26 Å². The summed E-state index contributed by atoms with van der Waals surface area (Å²) < 4.78 is 0. The van der Waals surface area contributed by atoms with Crippen molar-refractivity contribution in [3.05, 3.63) is 29.8 Å². The van der Waals surface area contributed by atoms with Crippen LogP contribution in [0.25, 0.3) is 0 Å². The summed E-state index contributed by atoms with van der Waals surface area (Å²) in [5.41, 5.74) is 0.736. The van der Waals surface area contributed by atoms with E-state index in [-0.39, 0.29) is 0 Å². The maximum Gasteiger partial charge on any atom is 0.0991 e. The molecular weight excluding hydrogens is 178 g/mol. The van der Waals surface area contributed by atoms with Gasteiger partial charge in [-0.1, -0.05) is 13.3 Å². The number of hydrogen-bond donors (Lipinski definition) is 0. The van der Waals surface area contributed by atoms with Crippen LogP contribution in [0.2, 0.25) is 0 Å². The average Bonchev–Trinajstić information content (AvgIpc) is 2.19. The lowest BCUT2D eigenvalue weighted by molar-refractivity contribution is 0.896. The van der Waals surface area contributed by atoms with Crippen LogP contribution in [0.3, 0.4) is 0 Å². The Bertz CT molecular complexity index is 284. The molecular formula is C11H13NS. The number of nitriles is 1. The molecule has 0 aliphatic rings. The van der Waals surface area contributed by atoms with Crippen LogP contribution in [0.4, 0.5) is 0 Å². The topological polar surface area (TPSA) is 23.8 Å². The predicted molar refractivity (Wildman–Crippen MR) is 56.8 cm³/mol. The Hall–Kier alpha value is -0.940. The lowest BCUT2D eigenvalue weighted by Crippen LogP contribution is -1.79. The molecule has 0 bridgehead atoms. The summed E-state index contributed by atoms with van der Waals surface area (Å²) in [6, 6.07) is 9.88. The third-order valence-corrected chi connectivity index (χ3v) is 2.85. The molecule has 0 aromatic heterocycles. The zero-order valence-corrected chi connectivity index (χ0v) is 8.60. The molecule has 0 N–H and O–H groups in total. The Balaban J connectivity index is 2.46. The number of rotatable bonds is 4. The zero-order valence-electron chi connectivity index (χ0n) is 7.79. The lowest BCUT2D eigenvalue weighted by atomic mass is 10.2. The van der Waals surface area contributed by atoms with E-state index >= 15 is 0 Å². The SMILES string of the molecule is CCCCSc1ccc(C#N)cc1. The van der Waals surface area contributed by atoms with Gasteiger partial charge in [-0.3, -0.25) is 0 Å². The van der Waals surface area contributed by atoms with Gasteiger partial charge in [0, 0.05) is 4.90 Å². The Kier molecular flexibility index (Phi) is 4.42. The Morgan fingerprint density at radius 2 is 2.00 bits per heavy atom. The molecule has 2 heteroatoms. The fourth-order valence-electron chi connectivity index (χ4n) is 0.960. The smallest absolute Gasteiger partial charge is 0.0991 e. The first-order valence-electron chi connectivity index (χ1n) is 4.49. The Morgan fingerprint density at radius 1 is 1.31 bits per heavy atom. The first-order valence-corrected chi connectivity index (χ1v) is 5.48. The van der Waals surface area contributed by atoms with Crippen molar-refractivity contribution in [1.82, 2.24) is 0 Å². The van der Waals surface area contributed by atoms with Crippen LogP contribution < -0.4 is 0 Å². The van der Waals surface area contributed by atoms with Crippen molar-refractivity contribution in [3.63, 3.8) is 0 Å². The second-order valence-electron chi connectivity index (χ2n) is 2.84. The van der Waals surface area contributed by atoms with Gasteiger partial charge in [-0.25, -0.2) is 0 Å². The number of thioether (sulfide) groups is 1. The van der Waals surface area contributed by atoms with Gasteiger partial charge in [-0.05, 0) is 36.4 Å². The standard InChI is InChI=1S/C11H13NS/c1-2-3-8-13-11-6-4-10(9-12)5-7-11/h4-7H,2-3,8H2,1H3. The highest BCUT2D eigenvalue weighted by atomic mass is 32.2. The molecule has 0 saturated heterocycles. The van der Waals surface area contributed by atoms with E-state index < -0.39 is 0 Å². The molecule has 0 heterocycles. The second kappa shape index (κ2) is 5.66. The van der Waals surface area contributed by atoms with Crippen LogP contribution in [-0.2, 0) is 0 Å². The van der Waals surface area contributed by atoms with Crippen LogP contribution in [0.5, 0.6) is 0 Å². The zero-order chi connectivity index (χ0) is 9.52. The number of hydrogen-bond acceptors (Lipinski definition) is 2. The molecule has 0 aliphatic heterocycles. The van der Waals surface area contributed by atoms with Crippen molar-refractivity contribution in [2.24, 2.45) is 0 Å². The third kappa shape index (κ3) is 3.52. The Labute approximate surface area is 83.8 Å². The molecule has 1 aromatic carbocycles. The van der Waals surface area contributed by atoms with E-state index in [1.165, 1.54) is 23.5 Å². The maximum atomic E-state index is 8.59. The Morgan fingerprint density at radius 3 is 2.54 bits per heavy atom. The van der Waals surface area contributed by atoms with Crippen LogP contribution in [0.15, 0.2) is 29.2 Å². The summed E-state index contributed by atoms with van der Waals surface area (Å²) in [6.07, 6.45) is 2.49. The van der Waals surface area contributed by atoms with Crippen molar-refractivity contribution in [2.45, 2.75) is 24.7 Å². The van der Waals surface area contributed by atoms with Crippen LogP contribution in [0, 0.1) is 11.3 Å². The highest BCUT2D eigenvalue weighted by Gasteiger charge is 1.93. The fraction of sp³-hybridized carbons (Fsp3) is 0.364. The summed E-state index contributed by atoms with van der Waals surface area (Å²) in [5.74, 6) is 1.17. The van der Waals surface area contributed by atoms with Gasteiger partial charge in [0.05, 0.1) is 11.6 Å². The average molecular weight is 191 g/mol. The molecule has 0 amide bonds. The number of nitrogens with zero attached hydrogens (tertiary/aromatic N) is 1. The fourth-order valence-corrected chi connectivity index (χ4v) is 1.96. The lowest BCUT2D eigenvalue weighted by Gasteiger charge is -1.99. The van der Waals surface area contributed by atoms with Crippen molar-refractivity contribution >= 4 is 11.8 Å². The van der Waals surface area contributed by atoms with Crippen LogP contribution >= 0.6 is 11.8 Å². The van der Waals surface area contributed by atoms with Gasteiger partial charge < -0.3 is 0 Å². The van der Waals surface area contributed by atoms with E-state index in [9.17, 15) is 0 Å². The second-order valence-corrected chi connectivity index (χ2v) is 4.01. The van der Waals surface area contributed by atoms with Crippen LogP contribution in [-0.4, -0.2) is 5.75 Å². The molecule has 0 aliphatic carbocycles. The molecule has 68 valence electrons. The molecule has 1 rings (SSSR count). The third-order valence-electron chi connectivity index (χ3n) is 1.75. The molecule has 0 unspecified atom stereocenters. The van der Waals surface area contributed by atoms with Crippen molar-refractivity contribution in [1.29, 1.82) is 5.26 Å². The molecule has 1 aromatic rings. The van der Waals surface area contributed by atoms with Crippen molar-refractivity contribution < 1.29 is 0 Å². The number of benzene rings is 1. The monoisotopic (exact) mass is 191 g/mol. The van der Waals surface area contributed by atoms with Gasteiger partial charge in [0.2, 0.25) is 0 Å². The largest absolute Gasteiger partial charge is 0.192 e. The normalized spacial score (nSPS) is 9.54. The molecule has 1 nitrogen and oxygen atoms in total. The minimum atomic E-state index is 0.736. The first kappa shape index (κ1) is 10.1. The summed E-state index contributed by atoms with van der Waals surface area (Å²) in [7, 11) is 0. The van der Waals surface area contributed by atoms with E-state index in [0.29, 0.717) is 0 Å². The highest BCUT2D eigenvalue weighted by Crippen LogP contribution is 2.19. The maximum absolute atomic E-state index is 8.59. The molecule has 0 spiro atoms. The van der Waals surface area contributed by atoms with Gasteiger partial charge in [0.25, 0.3) is 0 Å². The van der Waals surface area contributed by atoms with Gasteiger partial charge in [0.15, 0.2) is 0 Å². The van der Waals surface area contributed by atoms with Gasteiger partial charge in [-0.15, -0.1) is 11.8 Å². The van der Waals surface area contributed by atoms with Crippen molar-refractivity contribution in [3.8, 4) is 6.07 Å². The van der Waals surface area contributed by atoms with E-state index in [1.807, 2.05) is 36.0 Å². The van der Waals surface area contributed by atoms with Crippen molar-refractivity contribution in [2.75, 3.05) is 5.75 Å². The van der Waals surface area contributed by atoms with Crippen LogP contribution in [0.1, 0.15) is 25.3 Å². The molecule has 0 fully saturated rings. The van der Waals surface area contributed by atoms with E-state index in [2.05, 4.69) is 13.0 Å². The predicted octanol–water partition coefficient (Wildman–Crippen LogP) is 3.45. The molecule has 0 atom stereocenters. The van der Waals surface area contributed by atoms with E-state index in [1.54, 1.807) is 0 Å². The quantitative estimate of drug-likeness (QED) is 0.537. The van der Waals surface area contributed by atoms with E-state index in [0.717, 1.165) is 5.56 Å². The summed E-state index contributed by atoms with van der Waals surface area (Å²) in [5, 5.41) is 8.59. The number of unbranched alkanes of at least 4 members (excludes halogenated alkanes) is 1. The minimum absolute atomic E-state index is 0.736. The highest BCUT2D eigenvalue weighted by molar-refractivity contribution is 7.99. The summed E-state index contributed by atoms with van der Waals surface area (Å²) >= 11 is 1.85. The minimum Gasteiger partial charge on any atom is -0.192 e. The van der Waals surface area contributed by atoms with Gasteiger partial charge >= 0.3 is 0 Å². The summed E-state index contributed by atoms with van der Waals surface area (Å²) in [6.45, 7) is 2.19. The van der Waals surface area contributed by atoms with Gasteiger partial charge in [-0.2, -0.15) is 5.26 Å². The first-order chi connectivity index (χ1) is 6.36. The molecule has 0 radical (unpaired) electrons. The molecule has 0 saturated carbocycles. The molecule has 13 heavy (non-hydrogen) atoms. The van der Waals surface area contributed by atoms with Gasteiger partial charge in [0.1, 0.15) is 0 Å².